The van der Waals surface area contributed by atoms with E-state index in [0.717, 1.165) is 31.0 Å². The molecule has 1 heterocycles. The number of methoxy groups -OCH3 is 1. The number of quaternary nitrogens is 1. The maximum atomic E-state index is 14.1. The predicted octanol–water partition coefficient (Wildman–Crippen LogP) is 2.54. The second-order valence-electron chi connectivity index (χ2n) is 7.72. The molecule has 166 valence electrons. The molecular weight excluding hydrogens is 395 g/mol. The summed E-state index contributed by atoms with van der Waals surface area (Å²) < 4.78 is 27.1. The normalized spacial score (nSPS) is 13.1. The maximum Gasteiger partial charge on any atom is 0.137 e. The third-order valence-corrected chi connectivity index (χ3v) is 5.24. The molecule has 0 saturated heterocycles. The smallest absolute Gasteiger partial charge is 0.137 e. The Morgan fingerprint density at radius 1 is 1.03 bits per heavy atom. The van der Waals surface area contributed by atoms with Crippen LogP contribution in [0.4, 0.5) is 4.39 Å². The minimum absolute atomic E-state index is 0.195. The Morgan fingerprint density at radius 3 is 2.58 bits per heavy atom. The summed E-state index contributed by atoms with van der Waals surface area (Å²) in [5.41, 5.74) is 1.77. The number of para-hydroxylation sites is 1. The van der Waals surface area contributed by atoms with Crippen LogP contribution in [-0.2, 0) is 17.8 Å². The van der Waals surface area contributed by atoms with Gasteiger partial charge in [0.05, 0.1) is 25.4 Å². The standard InChI is InChI=1S/C25H31FN2O3/c1-30-16-8-14-27(19-23(29)20-31-24-11-3-2-4-12-24)18-22-10-7-15-28(22)17-21-9-5-6-13-25(21)26/h2-7,9-13,15,23,29H,8,14,16-20H2,1H3/p+1/t23-/m1/s1. The van der Waals surface area contributed by atoms with E-state index in [4.69, 9.17) is 9.47 Å². The molecule has 3 aromatic rings. The van der Waals surface area contributed by atoms with Crippen LogP contribution in [0.15, 0.2) is 72.9 Å². The summed E-state index contributed by atoms with van der Waals surface area (Å²) in [6.45, 7) is 3.56. The number of halogens is 1. The van der Waals surface area contributed by atoms with Crippen LogP contribution in [0.25, 0.3) is 0 Å². The molecule has 0 spiro atoms. The van der Waals surface area contributed by atoms with Crippen molar-refractivity contribution in [3.63, 3.8) is 0 Å². The van der Waals surface area contributed by atoms with Crippen LogP contribution < -0.4 is 9.64 Å². The van der Waals surface area contributed by atoms with Gasteiger partial charge in [0.2, 0.25) is 0 Å². The van der Waals surface area contributed by atoms with Crippen molar-refractivity contribution >= 4 is 0 Å². The molecule has 0 fully saturated rings. The van der Waals surface area contributed by atoms with Crippen molar-refractivity contribution < 1.29 is 23.9 Å². The van der Waals surface area contributed by atoms with Gasteiger partial charge < -0.3 is 24.0 Å². The summed E-state index contributed by atoms with van der Waals surface area (Å²) in [5, 5.41) is 10.6. The lowest BCUT2D eigenvalue weighted by Gasteiger charge is -2.23. The van der Waals surface area contributed by atoms with E-state index in [1.165, 1.54) is 11.0 Å². The van der Waals surface area contributed by atoms with Gasteiger partial charge >= 0.3 is 0 Å². The van der Waals surface area contributed by atoms with Crippen molar-refractivity contribution in [2.75, 3.05) is 33.4 Å². The van der Waals surface area contributed by atoms with Crippen LogP contribution >= 0.6 is 0 Å². The Hall–Kier alpha value is -2.67. The van der Waals surface area contributed by atoms with Gasteiger partial charge in [0, 0.05) is 25.3 Å². The minimum atomic E-state index is -0.590. The Bertz CT molecular complexity index is 901. The molecule has 2 N–H and O–H groups in total. The van der Waals surface area contributed by atoms with E-state index in [0.29, 0.717) is 25.3 Å². The van der Waals surface area contributed by atoms with Gasteiger partial charge in [-0.2, -0.15) is 0 Å². The highest BCUT2D eigenvalue weighted by molar-refractivity contribution is 5.21. The van der Waals surface area contributed by atoms with E-state index in [1.807, 2.05) is 54.7 Å². The highest BCUT2D eigenvalue weighted by Gasteiger charge is 2.18. The van der Waals surface area contributed by atoms with Crippen molar-refractivity contribution in [3.05, 3.63) is 90.0 Å². The molecule has 2 atom stereocenters. The fourth-order valence-electron chi connectivity index (χ4n) is 3.66. The monoisotopic (exact) mass is 427 g/mol. The summed E-state index contributed by atoms with van der Waals surface area (Å²) in [4.78, 5) is 1.23. The van der Waals surface area contributed by atoms with Crippen LogP contribution in [0.5, 0.6) is 5.75 Å². The topological polar surface area (TPSA) is 48.1 Å². The number of ether oxygens (including phenoxy) is 2. The maximum absolute atomic E-state index is 14.1. The van der Waals surface area contributed by atoms with Gasteiger partial charge in [-0.15, -0.1) is 0 Å². The van der Waals surface area contributed by atoms with Gasteiger partial charge in [0.15, 0.2) is 0 Å². The van der Waals surface area contributed by atoms with E-state index in [9.17, 15) is 9.50 Å². The van der Waals surface area contributed by atoms with Gasteiger partial charge in [0.25, 0.3) is 0 Å². The zero-order chi connectivity index (χ0) is 21.9. The van der Waals surface area contributed by atoms with Crippen LogP contribution in [0.3, 0.4) is 0 Å². The molecule has 3 rings (SSSR count). The number of aromatic nitrogens is 1. The average Bonchev–Trinajstić information content (AvgIpc) is 3.21. The zero-order valence-corrected chi connectivity index (χ0v) is 18.0. The van der Waals surface area contributed by atoms with Gasteiger partial charge in [-0.05, 0) is 30.3 Å². The summed E-state index contributed by atoms with van der Waals surface area (Å²) in [5.74, 6) is 0.557. The number of aliphatic hydroxyl groups excluding tert-OH is 1. The number of benzene rings is 2. The van der Waals surface area contributed by atoms with E-state index >= 15 is 0 Å². The van der Waals surface area contributed by atoms with Gasteiger partial charge in [-0.25, -0.2) is 4.39 Å². The number of rotatable bonds is 13. The second kappa shape index (κ2) is 12.2. The van der Waals surface area contributed by atoms with Crippen LogP contribution in [0.2, 0.25) is 0 Å². The zero-order valence-electron chi connectivity index (χ0n) is 18.0. The average molecular weight is 428 g/mol. The first-order chi connectivity index (χ1) is 15.2. The van der Waals surface area contributed by atoms with E-state index in [1.54, 1.807) is 13.2 Å². The van der Waals surface area contributed by atoms with E-state index < -0.39 is 6.10 Å². The molecule has 1 unspecified atom stereocenters. The number of nitrogens with one attached hydrogen (secondary N) is 1. The van der Waals surface area contributed by atoms with Crippen molar-refractivity contribution in [2.24, 2.45) is 0 Å². The molecule has 0 radical (unpaired) electrons. The number of hydrogen-bond donors (Lipinski definition) is 2. The summed E-state index contributed by atoms with van der Waals surface area (Å²) in [7, 11) is 1.70. The Labute approximate surface area is 183 Å². The molecule has 31 heavy (non-hydrogen) atoms. The molecule has 2 aromatic carbocycles. The van der Waals surface area contributed by atoms with Crippen LogP contribution in [0, 0.1) is 5.82 Å². The largest absolute Gasteiger partial charge is 0.491 e. The molecule has 0 aliphatic heterocycles. The summed E-state index contributed by atoms with van der Waals surface area (Å²) >= 11 is 0. The van der Waals surface area contributed by atoms with Gasteiger partial charge in [-0.3, -0.25) is 0 Å². The summed E-state index contributed by atoms with van der Waals surface area (Å²) in [6.07, 6.45) is 2.28. The molecule has 0 aliphatic rings. The van der Waals surface area contributed by atoms with Crippen LogP contribution in [0.1, 0.15) is 17.7 Å². The molecule has 0 bridgehead atoms. The second-order valence-corrected chi connectivity index (χ2v) is 7.72. The van der Waals surface area contributed by atoms with Crippen LogP contribution in [-0.4, -0.2) is 49.2 Å². The number of aliphatic hydroxyl groups is 1. The fourth-order valence-corrected chi connectivity index (χ4v) is 3.66. The van der Waals surface area contributed by atoms with Gasteiger partial charge in [-0.1, -0.05) is 36.4 Å². The third-order valence-electron chi connectivity index (χ3n) is 5.24. The Morgan fingerprint density at radius 2 is 1.81 bits per heavy atom. The molecule has 0 aliphatic carbocycles. The lowest BCUT2D eigenvalue weighted by atomic mass is 10.2. The number of nitrogens with zero attached hydrogens (tertiary/aromatic N) is 1. The van der Waals surface area contributed by atoms with Crippen molar-refractivity contribution in [3.8, 4) is 5.75 Å². The highest BCUT2D eigenvalue weighted by Crippen LogP contribution is 2.11. The lowest BCUT2D eigenvalue weighted by Crippen LogP contribution is -3.12. The molecule has 0 saturated carbocycles. The van der Waals surface area contributed by atoms with Crippen molar-refractivity contribution in [1.29, 1.82) is 0 Å². The fraction of sp³-hybridized carbons (Fsp3) is 0.360. The first kappa shape index (κ1) is 23.0. The Balaban J connectivity index is 1.61. The highest BCUT2D eigenvalue weighted by atomic mass is 19.1. The number of hydrogen-bond acceptors (Lipinski definition) is 3. The van der Waals surface area contributed by atoms with E-state index in [2.05, 4.69) is 10.6 Å². The van der Waals surface area contributed by atoms with Crippen molar-refractivity contribution in [1.82, 2.24) is 4.57 Å². The third kappa shape index (κ3) is 7.51. The molecule has 5 nitrogen and oxygen atoms in total. The van der Waals surface area contributed by atoms with E-state index in [-0.39, 0.29) is 12.4 Å². The first-order valence-corrected chi connectivity index (χ1v) is 10.7. The minimum Gasteiger partial charge on any atom is -0.491 e. The Kier molecular flexibility index (Phi) is 9.09. The SMILES string of the molecule is COCCC[NH+](Cc1cccn1Cc1ccccc1F)C[C@@H](O)COc1ccccc1. The first-order valence-electron chi connectivity index (χ1n) is 10.7. The quantitative estimate of drug-likeness (QED) is 0.412. The summed E-state index contributed by atoms with van der Waals surface area (Å²) in [6, 6.07) is 20.4. The molecule has 0 amide bonds. The predicted molar refractivity (Wildman–Crippen MR) is 119 cm³/mol. The lowest BCUT2D eigenvalue weighted by molar-refractivity contribution is -0.917. The molecule has 1 aromatic heterocycles. The molecule has 6 heteroatoms. The van der Waals surface area contributed by atoms with Gasteiger partial charge in [0.1, 0.15) is 37.4 Å². The molecular formula is C25H32FN2O3+. The van der Waals surface area contributed by atoms with Crippen molar-refractivity contribution in [2.45, 2.75) is 25.6 Å².